The fourth-order valence-corrected chi connectivity index (χ4v) is 3.02. The van der Waals surface area contributed by atoms with Gasteiger partial charge in [0.25, 0.3) is 0 Å². The first-order valence-corrected chi connectivity index (χ1v) is 7.43. The van der Waals surface area contributed by atoms with E-state index in [1.807, 2.05) is 0 Å². The van der Waals surface area contributed by atoms with Crippen molar-refractivity contribution in [1.29, 1.82) is 0 Å². The highest BCUT2D eigenvalue weighted by Gasteiger charge is 2.35. The molecule has 110 valence electrons. The number of hydrogen-bond acceptors (Lipinski definition) is 2. The van der Waals surface area contributed by atoms with Gasteiger partial charge in [-0.25, -0.2) is 4.39 Å². The van der Waals surface area contributed by atoms with E-state index in [0.29, 0.717) is 24.7 Å². The van der Waals surface area contributed by atoms with E-state index in [1.54, 1.807) is 13.0 Å². The summed E-state index contributed by atoms with van der Waals surface area (Å²) in [6.45, 7) is 2.73. The van der Waals surface area contributed by atoms with Crippen LogP contribution in [0.2, 0.25) is 0 Å². The predicted octanol–water partition coefficient (Wildman–Crippen LogP) is 4.24. The van der Waals surface area contributed by atoms with Crippen molar-refractivity contribution in [3.8, 4) is 5.75 Å². The molecule has 0 aromatic heterocycles. The molecule has 2 nitrogen and oxygen atoms in total. The van der Waals surface area contributed by atoms with Crippen molar-refractivity contribution in [2.24, 2.45) is 11.8 Å². The summed E-state index contributed by atoms with van der Waals surface area (Å²) in [6.07, 6.45) is 4.08. The van der Waals surface area contributed by atoms with Crippen LogP contribution in [0.25, 0.3) is 0 Å². The minimum Gasteiger partial charge on any atom is -0.491 e. The molecule has 2 aliphatic rings. The van der Waals surface area contributed by atoms with Crippen LogP contribution in [0.1, 0.15) is 44.3 Å². The van der Waals surface area contributed by atoms with Crippen molar-refractivity contribution in [3.63, 3.8) is 0 Å². The van der Waals surface area contributed by atoms with Crippen LogP contribution < -0.4 is 4.74 Å². The Bertz CT molecular complexity index is 478. The second-order valence-electron chi connectivity index (χ2n) is 5.71. The van der Waals surface area contributed by atoms with Crippen LogP contribution in [0.15, 0.2) is 12.1 Å². The summed E-state index contributed by atoms with van der Waals surface area (Å²) in [5.74, 6) is -0.344. The summed E-state index contributed by atoms with van der Waals surface area (Å²) in [5.41, 5.74) is 0.320. The van der Waals surface area contributed by atoms with E-state index in [-0.39, 0.29) is 11.9 Å². The number of hydrogen-bond donors (Lipinski definition) is 0. The maximum Gasteiger partial charge on any atom is 0.200 e. The second kappa shape index (κ2) is 5.68. The molecule has 1 saturated carbocycles. The second-order valence-corrected chi connectivity index (χ2v) is 5.71. The summed E-state index contributed by atoms with van der Waals surface area (Å²) in [7, 11) is 0. The molecule has 3 rings (SSSR count). The van der Waals surface area contributed by atoms with Crippen LogP contribution in [0.4, 0.5) is 8.78 Å². The zero-order chi connectivity index (χ0) is 14.1. The quantitative estimate of drug-likeness (QED) is 0.822. The zero-order valence-electron chi connectivity index (χ0n) is 11.7. The van der Waals surface area contributed by atoms with Crippen molar-refractivity contribution >= 4 is 0 Å². The Morgan fingerprint density at radius 3 is 2.45 bits per heavy atom. The lowest BCUT2D eigenvalue weighted by molar-refractivity contribution is -0.0250. The van der Waals surface area contributed by atoms with Gasteiger partial charge in [-0.2, -0.15) is 4.39 Å². The molecule has 2 fully saturated rings. The highest BCUT2D eigenvalue weighted by atomic mass is 19.2. The molecule has 0 spiro atoms. The third kappa shape index (κ3) is 2.66. The average Bonchev–Trinajstić information content (AvgIpc) is 3.29. The molecule has 1 aromatic rings. The molecule has 0 bridgehead atoms. The Kier molecular flexibility index (Phi) is 3.92. The molecule has 0 N–H and O–H groups in total. The first kappa shape index (κ1) is 13.8. The smallest absolute Gasteiger partial charge is 0.200 e. The summed E-state index contributed by atoms with van der Waals surface area (Å²) in [6, 6.07) is 3.08. The maximum atomic E-state index is 14.1. The lowest BCUT2D eigenvalue weighted by Crippen LogP contribution is -2.23. The van der Waals surface area contributed by atoms with Crippen LogP contribution in [0, 0.1) is 23.5 Å². The van der Waals surface area contributed by atoms with Crippen molar-refractivity contribution < 1.29 is 18.3 Å². The highest BCUT2D eigenvalue weighted by molar-refractivity contribution is 5.32. The fraction of sp³-hybridized carbons (Fsp3) is 0.625. The Labute approximate surface area is 118 Å². The lowest BCUT2D eigenvalue weighted by atomic mass is 9.91. The van der Waals surface area contributed by atoms with Gasteiger partial charge in [0.15, 0.2) is 11.6 Å². The van der Waals surface area contributed by atoms with Crippen LogP contribution in [0.5, 0.6) is 5.75 Å². The van der Waals surface area contributed by atoms with E-state index < -0.39 is 11.6 Å². The SMILES string of the molecule is CCOc1ccc(C2CCC(C3CC3)CO2)c(F)c1F. The molecule has 20 heavy (non-hydrogen) atoms. The monoisotopic (exact) mass is 282 g/mol. The van der Waals surface area contributed by atoms with Gasteiger partial charge in [-0.05, 0) is 56.6 Å². The van der Waals surface area contributed by atoms with Crippen LogP contribution in [-0.2, 0) is 4.74 Å². The topological polar surface area (TPSA) is 18.5 Å². The molecular formula is C16H20F2O2. The maximum absolute atomic E-state index is 14.1. The number of rotatable bonds is 4. The molecule has 1 aliphatic carbocycles. The normalized spacial score (nSPS) is 26.6. The summed E-state index contributed by atoms with van der Waals surface area (Å²) in [4.78, 5) is 0. The standard InChI is InChI=1S/C16H20F2O2/c1-2-19-14-8-6-12(15(17)16(14)18)13-7-5-11(9-20-13)10-3-4-10/h6,8,10-11,13H,2-5,7,9H2,1H3. The fourth-order valence-electron chi connectivity index (χ4n) is 3.02. The van der Waals surface area contributed by atoms with Gasteiger partial charge >= 0.3 is 0 Å². The molecule has 0 amide bonds. The molecule has 1 saturated heterocycles. The van der Waals surface area contributed by atoms with E-state index in [2.05, 4.69) is 0 Å². The molecule has 0 radical (unpaired) electrons. The summed E-state index contributed by atoms with van der Waals surface area (Å²) in [5, 5.41) is 0. The van der Waals surface area contributed by atoms with E-state index in [1.165, 1.54) is 18.9 Å². The van der Waals surface area contributed by atoms with Gasteiger partial charge < -0.3 is 9.47 Å². The molecular weight excluding hydrogens is 262 g/mol. The first-order chi connectivity index (χ1) is 9.70. The molecule has 1 aliphatic heterocycles. The molecule has 1 heterocycles. The molecule has 2 unspecified atom stereocenters. The van der Waals surface area contributed by atoms with Crippen LogP contribution >= 0.6 is 0 Å². The number of ether oxygens (including phenoxy) is 2. The Morgan fingerprint density at radius 1 is 1.10 bits per heavy atom. The van der Waals surface area contributed by atoms with E-state index in [0.717, 1.165) is 18.8 Å². The third-order valence-electron chi connectivity index (χ3n) is 4.32. The number of benzene rings is 1. The van der Waals surface area contributed by atoms with Crippen LogP contribution in [-0.4, -0.2) is 13.2 Å². The first-order valence-electron chi connectivity index (χ1n) is 7.43. The molecule has 1 aromatic carbocycles. The Hall–Kier alpha value is -1.16. The van der Waals surface area contributed by atoms with Crippen molar-refractivity contribution in [2.45, 2.75) is 38.7 Å². The van der Waals surface area contributed by atoms with Gasteiger partial charge in [0, 0.05) is 5.56 Å². The van der Waals surface area contributed by atoms with Gasteiger partial charge in [0.1, 0.15) is 0 Å². The zero-order valence-corrected chi connectivity index (χ0v) is 11.7. The third-order valence-corrected chi connectivity index (χ3v) is 4.32. The Balaban J connectivity index is 1.72. The summed E-state index contributed by atoms with van der Waals surface area (Å²) >= 11 is 0. The van der Waals surface area contributed by atoms with Gasteiger partial charge in [-0.15, -0.1) is 0 Å². The van der Waals surface area contributed by atoms with Gasteiger partial charge in [-0.3, -0.25) is 0 Å². The van der Waals surface area contributed by atoms with Gasteiger partial charge in [0.2, 0.25) is 5.82 Å². The average molecular weight is 282 g/mol. The minimum absolute atomic E-state index is 0.0274. The van der Waals surface area contributed by atoms with E-state index >= 15 is 0 Å². The van der Waals surface area contributed by atoms with Gasteiger partial charge in [-0.1, -0.05) is 0 Å². The minimum atomic E-state index is -0.905. The lowest BCUT2D eigenvalue weighted by Gasteiger charge is -2.29. The van der Waals surface area contributed by atoms with Crippen molar-refractivity contribution in [2.75, 3.05) is 13.2 Å². The van der Waals surface area contributed by atoms with E-state index in [9.17, 15) is 8.78 Å². The van der Waals surface area contributed by atoms with Gasteiger partial charge in [0.05, 0.1) is 19.3 Å². The van der Waals surface area contributed by atoms with Crippen LogP contribution in [0.3, 0.4) is 0 Å². The largest absolute Gasteiger partial charge is 0.491 e. The Morgan fingerprint density at radius 2 is 1.85 bits per heavy atom. The molecule has 4 heteroatoms. The van der Waals surface area contributed by atoms with Crippen molar-refractivity contribution in [1.82, 2.24) is 0 Å². The predicted molar refractivity (Wildman–Crippen MR) is 71.7 cm³/mol. The highest BCUT2D eigenvalue weighted by Crippen LogP contribution is 2.44. The number of halogens is 2. The summed E-state index contributed by atoms with van der Waals surface area (Å²) < 4.78 is 38.8. The molecule has 2 atom stereocenters. The van der Waals surface area contributed by atoms with E-state index in [4.69, 9.17) is 9.47 Å². The van der Waals surface area contributed by atoms with Crippen molar-refractivity contribution in [3.05, 3.63) is 29.3 Å².